The molecule has 0 unspecified atom stereocenters. The minimum Gasteiger partial charge on any atom is -0.341 e. The smallest absolute Gasteiger partial charge is 0.274 e. The van der Waals surface area contributed by atoms with Crippen LogP contribution < -0.4 is 0 Å². The van der Waals surface area contributed by atoms with E-state index in [1.54, 1.807) is 18.2 Å². The average molecular weight is 250 g/mol. The van der Waals surface area contributed by atoms with Gasteiger partial charge in [0.05, 0.1) is 17.9 Å². The predicted octanol–water partition coefficient (Wildman–Crippen LogP) is 1.53. The lowest BCUT2D eigenvalue weighted by Gasteiger charge is -2.16. The molecule has 0 fully saturated rings. The number of nitro benzene ring substituents is 1. The molecule has 18 heavy (non-hydrogen) atoms. The maximum Gasteiger partial charge on any atom is 0.274 e. The number of nitro groups is 1. The van der Waals surface area contributed by atoms with Crippen LogP contribution in [0.15, 0.2) is 24.3 Å². The third kappa shape index (κ3) is 3.65. The second-order valence-corrected chi connectivity index (χ2v) is 4.01. The number of rotatable bonds is 5. The third-order valence-electron chi connectivity index (χ3n) is 2.42. The van der Waals surface area contributed by atoms with Crippen LogP contribution in [0.5, 0.6) is 0 Å². The summed E-state index contributed by atoms with van der Waals surface area (Å²) < 4.78 is 0. The number of hydrogen-bond donors (Lipinski definition) is 0. The highest BCUT2D eigenvalue weighted by Crippen LogP contribution is 2.19. The fraction of sp³-hybridized carbons (Fsp3) is 0.333. The molecule has 0 aliphatic heterocycles. The van der Waals surface area contributed by atoms with Crippen molar-refractivity contribution in [2.75, 3.05) is 7.05 Å². The molecule has 1 aromatic carbocycles. The van der Waals surface area contributed by atoms with Crippen molar-refractivity contribution in [2.24, 2.45) is 0 Å². The lowest BCUT2D eigenvalue weighted by atomic mass is 10.1. The molecule has 0 aliphatic carbocycles. The van der Waals surface area contributed by atoms with E-state index in [-0.39, 0.29) is 30.3 Å². The first kappa shape index (κ1) is 13.8. The van der Waals surface area contributed by atoms with Crippen LogP contribution >= 0.6 is 0 Å². The summed E-state index contributed by atoms with van der Waals surface area (Å²) in [6.45, 7) is 1.44. The van der Waals surface area contributed by atoms with Crippen LogP contribution in [0.2, 0.25) is 0 Å². The molecule has 0 spiro atoms. The molecule has 96 valence electrons. The zero-order chi connectivity index (χ0) is 13.7. The van der Waals surface area contributed by atoms with Crippen LogP contribution in [0.25, 0.3) is 0 Å². The van der Waals surface area contributed by atoms with Crippen molar-refractivity contribution < 1.29 is 14.5 Å². The summed E-state index contributed by atoms with van der Waals surface area (Å²) in [6, 6.07) is 6.22. The van der Waals surface area contributed by atoms with Gasteiger partial charge in [0.15, 0.2) is 0 Å². The molecule has 0 aromatic heterocycles. The Kier molecular flexibility index (Phi) is 4.53. The van der Waals surface area contributed by atoms with Gasteiger partial charge in [-0.25, -0.2) is 0 Å². The number of carbonyl (C=O) groups is 2. The average Bonchev–Trinajstić information content (AvgIpc) is 2.28. The monoisotopic (exact) mass is 250 g/mol. The lowest BCUT2D eigenvalue weighted by molar-refractivity contribution is -0.385. The minimum absolute atomic E-state index is 0.0278. The van der Waals surface area contributed by atoms with Gasteiger partial charge in [0, 0.05) is 18.7 Å². The van der Waals surface area contributed by atoms with Gasteiger partial charge in [-0.2, -0.15) is 0 Å². The predicted molar refractivity (Wildman–Crippen MR) is 64.9 cm³/mol. The van der Waals surface area contributed by atoms with Crippen molar-refractivity contribution in [3.63, 3.8) is 0 Å². The van der Waals surface area contributed by atoms with Crippen molar-refractivity contribution in [3.8, 4) is 0 Å². The van der Waals surface area contributed by atoms with Crippen molar-refractivity contribution >= 4 is 17.4 Å². The summed E-state index contributed by atoms with van der Waals surface area (Å²) >= 11 is 0. The van der Waals surface area contributed by atoms with E-state index in [0.29, 0.717) is 5.56 Å². The Morgan fingerprint density at radius 3 is 2.50 bits per heavy atom. The van der Waals surface area contributed by atoms with E-state index in [4.69, 9.17) is 0 Å². The first-order valence-corrected chi connectivity index (χ1v) is 5.37. The highest BCUT2D eigenvalue weighted by atomic mass is 16.6. The van der Waals surface area contributed by atoms with Gasteiger partial charge < -0.3 is 4.90 Å². The van der Waals surface area contributed by atoms with Crippen molar-refractivity contribution in [3.05, 3.63) is 39.9 Å². The lowest BCUT2D eigenvalue weighted by Crippen LogP contribution is -2.27. The van der Waals surface area contributed by atoms with E-state index < -0.39 is 4.92 Å². The van der Waals surface area contributed by atoms with Gasteiger partial charge in [-0.05, 0) is 6.92 Å². The van der Waals surface area contributed by atoms with Gasteiger partial charge >= 0.3 is 0 Å². The number of para-hydroxylation sites is 1. The molecule has 1 rings (SSSR count). The van der Waals surface area contributed by atoms with E-state index in [0.717, 1.165) is 0 Å². The molecule has 6 heteroatoms. The molecule has 0 atom stereocenters. The van der Waals surface area contributed by atoms with Gasteiger partial charge in [0.25, 0.3) is 5.69 Å². The molecule has 0 saturated carbocycles. The highest BCUT2D eigenvalue weighted by Gasteiger charge is 2.17. The van der Waals surface area contributed by atoms with Crippen LogP contribution in [0.3, 0.4) is 0 Å². The van der Waals surface area contributed by atoms with E-state index in [1.807, 2.05) is 0 Å². The Labute approximate surface area is 104 Å². The molecule has 1 aromatic rings. The topological polar surface area (TPSA) is 80.5 Å². The third-order valence-corrected chi connectivity index (χ3v) is 2.42. The van der Waals surface area contributed by atoms with E-state index in [1.165, 1.54) is 24.9 Å². The minimum atomic E-state index is -0.487. The molecule has 0 saturated heterocycles. The van der Waals surface area contributed by atoms with Crippen LogP contribution in [0, 0.1) is 10.1 Å². The van der Waals surface area contributed by atoms with Crippen LogP contribution in [0.4, 0.5) is 5.69 Å². The van der Waals surface area contributed by atoms with Gasteiger partial charge in [0.2, 0.25) is 5.91 Å². The number of nitrogens with zero attached hydrogens (tertiary/aromatic N) is 2. The SMILES string of the molecule is CC(=O)CC(=O)N(C)Cc1ccccc1[N+](=O)[O-]. The Balaban J connectivity index is 2.81. The summed E-state index contributed by atoms with van der Waals surface area (Å²) in [5.41, 5.74) is 0.418. The number of Topliss-reactive ketones (excluding diaryl/α,β-unsaturated/α-hetero) is 1. The van der Waals surface area contributed by atoms with Gasteiger partial charge in [-0.15, -0.1) is 0 Å². The van der Waals surface area contributed by atoms with Crippen molar-refractivity contribution in [1.82, 2.24) is 4.90 Å². The molecule has 0 N–H and O–H groups in total. The van der Waals surface area contributed by atoms with Gasteiger partial charge in [-0.3, -0.25) is 19.7 Å². The summed E-state index contributed by atoms with van der Waals surface area (Å²) in [6.07, 6.45) is -0.183. The number of hydrogen-bond acceptors (Lipinski definition) is 4. The Morgan fingerprint density at radius 1 is 1.33 bits per heavy atom. The highest BCUT2D eigenvalue weighted by molar-refractivity contribution is 5.96. The molecule has 0 radical (unpaired) electrons. The maximum atomic E-state index is 11.6. The Bertz CT molecular complexity index is 485. The second kappa shape index (κ2) is 5.90. The fourth-order valence-electron chi connectivity index (χ4n) is 1.51. The van der Waals surface area contributed by atoms with E-state index in [2.05, 4.69) is 0 Å². The quantitative estimate of drug-likeness (QED) is 0.451. The normalized spacial score (nSPS) is 9.89. The summed E-state index contributed by atoms with van der Waals surface area (Å²) in [5.74, 6) is -0.574. The van der Waals surface area contributed by atoms with Crippen molar-refractivity contribution in [1.29, 1.82) is 0 Å². The van der Waals surface area contributed by atoms with Gasteiger partial charge in [0.1, 0.15) is 5.78 Å². The van der Waals surface area contributed by atoms with E-state index in [9.17, 15) is 19.7 Å². The number of amides is 1. The standard InChI is InChI=1S/C12H14N2O4/c1-9(15)7-12(16)13(2)8-10-5-3-4-6-11(10)14(17)18/h3-6H,7-8H2,1-2H3. The first-order valence-electron chi connectivity index (χ1n) is 5.37. The molecule has 0 bridgehead atoms. The summed E-state index contributed by atoms with van der Waals surface area (Å²) in [5, 5.41) is 10.8. The summed E-state index contributed by atoms with van der Waals surface area (Å²) in [4.78, 5) is 34.0. The Morgan fingerprint density at radius 2 is 1.94 bits per heavy atom. The Hall–Kier alpha value is -2.24. The molecular formula is C12H14N2O4. The van der Waals surface area contributed by atoms with Crippen LogP contribution in [-0.4, -0.2) is 28.6 Å². The number of benzene rings is 1. The summed E-state index contributed by atoms with van der Waals surface area (Å²) in [7, 11) is 1.52. The molecular weight excluding hydrogens is 236 g/mol. The van der Waals surface area contributed by atoms with Gasteiger partial charge in [-0.1, -0.05) is 18.2 Å². The first-order chi connectivity index (χ1) is 8.41. The number of carbonyl (C=O) groups excluding carboxylic acids is 2. The maximum absolute atomic E-state index is 11.6. The second-order valence-electron chi connectivity index (χ2n) is 4.01. The molecule has 1 amide bonds. The zero-order valence-electron chi connectivity index (χ0n) is 10.3. The largest absolute Gasteiger partial charge is 0.341 e. The zero-order valence-corrected chi connectivity index (χ0v) is 10.3. The van der Waals surface area contributed by atoms with Crippen LogP contribution in [-0.2, 0) is 16.1 Å². The molecule has 0 aliphatic rings. The molecule has 6 nitrogen and oxygen atoms in total. The van der Waals surface area contributed by atoms with Crippen LogP contribution in [0.1, 0.15) is 18.9 Å². The van der Waals surface area contributed by atoms with E-state index >= 15 is 0 Å². The fourth-order valence-corrected chi connectivity index (χ4v) is 1.51. The number of ketones is 1. The molecule has 0 heterocycles. The van der Waals surface area contributed by atoms with Crippen molar-refractivity contribution in [2.45, 2.75) is 19.9 Å².